The fourth-order valence-corrected chi connectivity index (χ4v) is 2.85. The molecule has 0 saturated heterocycles. The van der Waals surface area contributed by atoms with Crippen molar-refractivity contribution in [2.24, 2.45) is 0 Å². The van der Waals surface area contributed by atoms with Crippen molar-refractivity contribution in [3.05, 3.63) is 71.9 Å². The second-order valence-electron chi connectivity index (χ2n) is 6.15. The van der Waals surface area contributed by atoms with Crippen molar-refractivity contribution in [1.29, 1.82) is 0 Å². The molecule has 3 aromatic rings. The van der Waals surface area contributed by atoms with Gasteiger partial charge in [-0.15, -0.1) is 0 Å². The summed E-state index contributed by atoms with van der Waals surface area (Å²) in [5.74, 6) is 0.945. The average Bonchev–Trinajstić information content (AvgIpc) is 2.82. The van der Waals surface area contributed by atoms with E-state index in [1.165, 1.54) is 5.56 Å². The summed E-state index contributed by atoms with van der Waals surface area (Å²) in [7, 11) is 0. The van der Waals surface area contributed by atoms with Crippen LogP contribution in [0.2, 0.25) is 0 Å². The van der Waals surface area contributed by atoms with Gasteiger partial charge in [-0.05, 0) is 25.1 Å². The molecule has 1 aliphatic heterocycles. The zero-order valence-corrected chi connectivity index (χ0v) is 14.4. The van der Waals surface area contributed by atoms with Gasteiger partial charge in [0.05, 0.1) is 18.8 Å². The van der Waals surface area contributed by atoms with Crippen LogP contribution >= 0.6 is 0 Å². The molecule has 1 aliphatic rings. The van der Waals surface area contributed by atoms with E-state index in [1.54, 1.807) is 23.4 Å². The van der Waals surface area contributed by atoms with Gasteiger partial charge in [0.2, 0.25) is 0 Å². The van der Waals surface area contributed by atoms with Crippen LogP contribution in [-0.4, -0.2) is 38.9 Å². The third kappa shape index (κ3) is 3.26. The average molecular weight is 346 g/mol. The van der Waals surface area contributed by atoms with Crippen LogP contribution in [0.3, 0.4) is 0 Å². The molecule has 0 spiro atoms. The van der Waals surface area contributed by atoms with Crippen LogP contribution in [0.25, 0.3) is 11.3 Å². The maximum Gasteiger partial charge on any atom is 0.276 e. The predicted molar refractivity (Wildman–Crippen MR) is 96.7 cm³/mol. The zero-order chi connectivity index (χ0) is 17.9. The number of benzene rings is 1. The molecule has 4 rings (SSSR count). The number of hydrogen-bond acceptors (Lipinski definition) is 5. The smallest absolute Gasteiger partial charge is 0.276 e. The SMILES string of the molecule is Cc1ccc(-c2ccc3c(n2)C(=O)N(Cc2ncccn2)CCO3)cc1. The minimum absolute atomic E-state index is 0.168. The van der Waals surface area contributed by atoms with Crippen molar-refractivity contribution in [1.82, 2.24) is 19.9 Å². The third-order valence-corrected chi connectivity index (χ3v) is 4.27. The number of rotatable bonds is 3. The van der Waals surface area contributed by atoms with Gasteiger partial charge in [0.25, 0.3) is 5.91 Å². The van der Waals surface area contributed by atoms with Crippen molar-refractivity contribution in [2.45, 2.75) is 13.5 Å². The molecule has 1 aromatic carbocycles. The Kier molecular flexibility index (Phi) is 4.31. The highest BCUT2D eigenvalue weighted by Gasteiger charge is 2.26. The summed E-state index contributed by atoms with van der Waals surface area (Å²) in [6.07, 6.45) is 3.34. The topological polar surface area (TPSA) is 68.2 Å². The summed E-state index contributed by atoms with van der Waals surface area (Å²) in [4.78, 5) is 27.7. The van der Waals surface area contributed by atoms with E-state index in [2.05, 4.69) is 15.0 Å². The fraction of sp³-hybridized carbons (Fsp3) is 0.200. The zero-order valence-electron chi connectivity index (χ0n) is 14.4. The van der Waals surface area contributed by atoms with Crippen LogP contribution in [0.1, 0.15) is 21.9 Å². The first-order valence-corrected chi connectivity index (χ1v) is 8.47. The van der Waals surface area contributed by atoms with Crippen molar-refractivity contribution in [2.75, 3.05) is 13.2 Å². The van der Waals surface area contributed by atoms with Crippen molar-refractivity contribution < 1.29 is 9.53 Å². The predicted octanol–water partition coefficient (Wildman–Crippen LogP) is 2.88. The second kappa shape index (κ2) is 6.92. The number of amides is 1. The number of hydrogen-bond donors (Lipinski definition) is 0. The molecule has 3 heterocycles. The minimum Gasteiger partial charge on any atom is -0.489 e. The molecule has 0 bridgehead atoms. The lowest BCUT2D eigenvalue weighted by molar-refractivity contribution is 0.0733. The van der Waals surface area contributed by atoms with E-state index >= 15 is 0 Å². The lowest BCUT2D eigenvalue weighted by Crippen LogP contribution is -2.33. The quantitative estimate of drug-likeness (QED) is 0.729. The summed E-state index contributed by atoms with van der Waals surface area (Å²) in [6.45, 7) is 3.25. The Hall–Kier alpha value is -3.28. The fourth-order valence-electron chi connectivity index (χ4n) is 2.85. The van der Waals surface area contributed by atoms with E-state index < -0.39 is 0 Å². The van der Waals surface area contributed by atoms with Gasteiger partial charge in [0, 0.05) is 18.0 Å². The molecule has 0 N–H and O–H groups in total. The molecule has 2 aromatic heterocycles. The van der Waals surface area contributed by atoms with Crippen LogP contribution in [0.15, 0.2) is 54.9 Å². The van der Waals surface area contributed by atoms with Gasteiger partial charge in [-0.1, -0.05) is 29.8 Å². The van der Waals surface area contributed by atoms with Crippen molar-refractivity contribution >= 4 is 5.91 Å². The Labute approximate surface area is 151 Å². The van der Waals surface area contributed by atoms with E-state index in [4.69, 9.17) is 4.74 Å². The normalized spacial score (nSPS) is 13.7. The van der Waals surface area contributed by atoms with Crippen LogP contribution in [0.5, 0.6) is 5.75 Å². The van der Waals surface area contributed by atoms with E-state index in [-0.39, 0.29) is 5.91 Å². The molecule has 6 nitrogen and oxygen atoms in total. The number of ether oxygens (including phenoxy) is 1. The second-order valence-corrected chi connectivity index (χ2v) is 6.15. The highest BCUT2D eigenvalue weighted by Crippen LogP contribution is 2.26. The van der Waals surface area contributed by atoms with E-state index in [0.717, 1.165) is 11.3 Å². The minimum atomic E-state index is -0.168. The third-order valence-electron chi connectivity index (χ3n) is 4.27. The first-order chi connectivity index (χ1) is 12.7. The summed E-state index contributed by atoms with van der Waals surface area (Å²) in [5.41, 5.74) is 3.22. The molecule has 130 valence electrons. The number of carbonyl (C=O) groups is 1. The summed E-state index contributed by atoms with van der Waals surface area (Å²) >= 11 is 0. The van der Waals surface area contributed by atoms with Crippen LogP contribution in [-0.2, 0) is 6.54 Å². The lowest BCUT2D eigenvalue weighted by atomic mass is 10.1. The number of pyridine rings is 1. The Bertz CT molecular complexity index is 926. The van der Waals surface area contributed by atoms with Crippen LogP contribution in [0, 0.1) is 6.92 Å². The van der Waals surface area contributed by atoms with Gasteiger partial charge in [-0.25, -0.2) is 15.0 Å². The molecular weight excluding hydrogens is 328 g/mol. The molecule has 0 fully saturated rings. The molecule has 0 radical (unpaired) electrons. The molecule has 6 heteroatoms. The maximum absolute atomic E-state index is 13.0. The Balaban J connectivity index is 1.66. The maximum atomic E-state index is 13.0. The van der Waals surface area contributed by atoms with Crippen LogP contribution in [0.4, 0.5) is 0 Å². The molecule has 0 atom stereocenters. The van der Waals surface area contributed by atoms with E-state index in [9.17, 15) is 4.79 Å². The lowest BCUT2D eigenvalue weighted by Gasteiger charge is -2.18. The molecule has 0 aliphatic carbocycles. The Morgan fingerprint density at radius 1 is 1.08 bits per heavy atom. The number of aromatic nitrogens is 3. The first-order valence-electron chi connectivity index (χ1n) is 8.47. The van der Waals surface area contributed by atoms with Gasteiger partial charge in [-0.3, -0.25) is 4.79 Å². The standard InChI is InChI=1S/C20H18N4O2/c1-14-3-5-15(6-4-14)16-7-8-17-19(23-16)20(25)24(11-12-26-17)13-18-21-9-2-10-22-18/h2-10H,11-13H2,1H3. The number of aryl methyl sites for hydroxylation is 1. The van der Waals surface area contributed by atoms with Gasteiger partial charge in [-0.2, -0.15) is 0 Å². The monoisotopic (exact) mass is 346 g/mol. The first kappa shape index (κ1) is 16.2. The number of fused-ring (bicyclic) bond motifs is 1. The Morgan fingerprint density at radius 2 is 1.85 bits per heavy atom. The molecular formula is C20H18N4O2. The Morgan fingerprint density at radius 3 is 2.62 bits per heavy atom. The number of nitrogens with zero attached hydrogens (tertiary/aromatic N) is 4. The van der Waals surface area contributed by atoms with E-state index in [0.29, 0.717) is 37.0 Å². The van der Waals surface area contributed by atoms with Gasteiger partial charge in [0.1, 0.15) is 12.4 Å². The van der Waals surface area contributed by atoms with Gasteiger partial charge >= 0.3 is 0 Å². The van der Waals surface area contributed by atoms with Gasteiger partial charge < -0.3 is 9.64 Å². The van der Waals surface area contributed by atoms with Crippen molar-refractivity contribution in [3.63, 3.8) is 0 Å². The highest BCUT2D eigenvalue weighted by atomic mass is 16.5. The van der Waals surface area contributed by atoms with E-state index in [1.807, 2.05) is 43.3 Å². The van der Waals surface area contributed by atoms with Crippen LogP contribution < -0.4 is 4.74 Å². The largest absolute Gasteiger partial charge is 0.489 e. The molecule has 26 heavy (non-hydrogen) atoms. The highest BCUT2D eigenvalue weighted by molar-refractivity contribution is 5.95. The molecule has 0 saturated carbocycles. The summed E-state index contributed by atoms with van der Waals surface area (Å²) in [6, 6.07) is 13.5. The summed E-state index contributed by atoms with van der Waals surface area (Å²) in [5, 5.41) is 0. The van der Waals surface area contributed by atoms with Gasteiger partial charge in [0.15, 0.2) is 11.4 Å². The molecule has 1 amide bonds. The number of carbonyl (C=O) groups excluding carboxylic acids is 1. The molecule has 0 unspecified atom stereocenters. The van der Waals surface area contributed by atoms with Crippen molar-refractivity contribution in [3.8, 4) is 17.0 Å². The summed E-state index contributed by atoms with van der Waals surface area (Å²) < 4.78 is 5.73.